The van der Waals surface area contributed by atoms with E-state index in [1.807, 2.05) is 24.3 Å². The summed E-state index contributed by atoms with van der Waals surface area (Å²) in [5.74, 6) is 2.12. The zero-order valence-corrected chi connectivity index (χ0v) is 17.3. The van der Waals surface area contributed by atoms with Gasteiger partial charge >= 0.3 is 0 Å². The van der Waals surface area contributed by atoms with E-state index in [0.717, 1.165) is 22.8 Å². The average molecular weight is 380 g/mol. The van der Waals surface area contributed by atoms with E-state index < -0.39 is 0 Å². The van der Waals surface area contributed by atoms with Gasteiger partial charge in [-0.25, -0.2) is 0 Å². The van der Waals surface area contributed by atoms with Crippen molar-refractivity contribution in [3.05, 3.63) is 52.5 Å². The van der Waals surface area contributed by atoms with Crippen LogP contribution in [-0.2, 0) is 14.3 Å². The van der Waals surface area contributed by atoms with Gasteiger partial charge in [0.1, 0.15) is 17.3 Å². The molecule has 0 bridgehead atoms. The predicted octanol–water partition coefficient (Wildman–Crippen LogP) is 5.10. The van der Waals surface area contributed by atoms with E-state index in [1.54, 1.807) is 7.11 Å². The zero-order valence-electron chi connectivity index (χ0n) is 17.3. The Balaban J connectivity index is 1.88. The minimum absolute atomic E-state index is 0.0938. The molecule has 28 heavy (non-hydrogen) atoms. The molecule has 2 aliphatic carbocycles. The summed E-state index contributed by atoms with van der Waals surface area (Å²) in [6, 6.07) is 7.70. The molecule has 3 aliphatic rings. The lowest BCUT2D eigenvalue weighted by molar-refractivity contribution is -0.120. The van der Waals surface area contributed by atoms with Crippen molar-refractivity contribution in [3.8, 4) is 5.75 Å². The van der Waals surface area contributed by atoms with Gasteiger partial charge in [-0.1, -0.05) is 39.8 Å². The van der Waals surface area contributed by atoms with Crippen LogP contribution in [0.2, 0.25) is 0 Å². The van der Waals surface area contributed by atoms with E-state index >= 15 is 0 Å². The number of methoxy groups -OCH3 is 1. The van der Waals surface area contributed by atoms with Gasteiger partial charge in [-0.3, -0.25) is 9.59 Å². The Morgan fingerprint density at radius 1 is 0.821 bits per heavy atom. The van der Waals surface area contributed by atoms with Crippen LogP contribution in [0.4, 0.5) is 0 Å². The third-order valence-corrected chi connectivity index (χ3v) is 6.03. The van der Waals surface area contributed by atoms with E-state index in [9.17, 15) is 9.59 Å². The third kappa shape index (κ3) is 3.19. The van der Waals surface area contributed by atoms with E-state index in [2.05, 4.69) is 27.7 Å². The lowest BCUT2D eigenvalue weighted by atomic mass is 9.65. The SMILES string of the molecule is COc1ccc(C2C3=C(CC(C)(C)CC3=O)OC3=C2C(=O)CC(C)(C)C3)cc1. The monoisotopic (exact) mass is 380 g/mol. The zero-order chi connectivity index (χ0) is 20.3. The smallest absolute Gasteiger partial charge is 0.163 e. The Hall–Kier alpha value is -2.36. The number of Topliss-reactive ketones (excluding diaryl/α,β-unsaturated/α-hetero) is 2. The van der Waals surface area contributed by atoms with Crippen LogP contribution in [0.3, 0.4) is 0 Å². The summed E-state index contributed by atoms with van der Waals surface area (Å²) >= 11 is 0. The first kappa shape index (κ1) is 19.0. The first-order valence-corrected chi connectivity index (χ1v) is 9.94. The van der Waals surface area contributed by atoms with E-state index in [4.69, 9.17) is 9.47 Å². The summed E-state index contributed by atoms with van der Waals surface area (Å²) in [6.07, 6.45) is 2.38. The van der Waals surface area contributed by atoms with Crippen LogP contribution in [0.15, 0.2) is 46.9 Å². The molecule has 1 aromatic carbocycles. The summed E-state index contributed by atoms with van der Waals surface area (Å²) in [6.45, 7) is 8.39. The molecule has 0 amide bonds. The Labute approximate surface area is 166 Å². The number of hydrogen-bond acceptors (Lipinski definition) is 4. The van der Waals surface area contributed by atoms with Crippen LogP contribution in [0, 0.1) is 10.8 Å². The number of carbonyl (C=O) groups is 2. The maximum absolute atomic E-state index is 13.2. The molecule has 0 unspecified atom stereocenters. The molecule has 1 aromatic rings. The largest absolute Gasteiger partial charge is 0.497 e. The van der Waals surface area contributed by atoms with Gasteiger partial charge in [0.15, 0.2) is 11.6 Å². The quantitative estimate of drug-likeness (QED) is 0.717. The fourth-order valence-corrected chi connectivity index (χ4v) is 4.80. The molecule has 0 saturated carbocycles. The average Bonchev–Trinajstić information content (AvgIpc) is 2.57. The minimum atomic E-state index is -0.336. The van der Waals surface area contributed by atoms with Crippen molar-refractivity contribution in [2.45, 2.75) is 59.3 Å². The van der Waals surface area contributed by atoms with Gasteiger partial charge in [0.2, 0.25) is 0 Å². The number of carbonyl (C=O) groups excluding carboxylic acids is 2. The van der Waals surface area contributed by atoms with Crippen molar-refractivity contribution < 1.29 is 19.1 Å². The van der Waals surface area contributed by atoms with Gasteiger partial charge in [0.05, 0.1) is 7.11 Å². The minimum Gasteiger partial charge on any atom is -0.497 e. The van der Waals surface area contributed by atoms with Crippen molar-refractivity contribution in [1.29, 1.82) is 0 Å². The number of allylic oxidation sites excluding steroid dienone is 4. The number of ether oxygens (including phenoxy) is 2. The number of benzene rings is 1. The number of hydrogen-bond donors (Lipinski definition) is 0. The molecular weight excluding hydrogens is 352 g/mol. The second kappa shape index (κ2) is 6.33. The van der Waals surface area contributed by atoms with Crippen molar-refractivity contribution in [2.24, 2.45) is 10.8 Å². The third-order valence-electron chi connectivity index (χ3n) is 6.03. The highest BCUT2D eigenvalue weighted by atomic mass is 16.5. The van der Waals surface area contributed by atoms with Crippen LogP contribution < -0.4 is 4.74 Å². The Kier molecular flexibility index (Phi) is 4.29. The molecule has 4 nitrogen and oxygen atoms in total. The van der Waals surface area contributed by atoms with Crippen molar-refractivity contribution in [2.75, 3.05) is 7.11 Å². The fourth-order valence-electron chi connectivity index (χ4n) is 4.80. The lowest BCUT2D eigenvalue weighted by Crippen LogP contribution is -2.37. The maximum Gasteiger partial charge on any atom is 0.163 e. The molecule has 1 aliphatic heterocycles. The molecule has 0 aromatic heterocycles. The molecule has 0 radical (unpaired) electrons. The van der Waals surface area contributed by atoms with Gasteiger partial charge in [-0.15, -0.1) is 0 Å². The topological polar surface area (TPSA) is 52.6 Å². The van der Waals surface area contributed by atoms with Crippen molar-refractivity contribution >= 4 is 11.6 Å². The molecule has 0 saturated heterocycles. The molecule has 0 N–H and O–H groups in total. The van der Waals surface area contributed by atoms with Crippen molar-refractivity contribution in [3.63, 3.8) is 0 Å². The van der Waals surface area contributed by atoms with Gasteiger partial charge < -0.3 is 9.47 Å². The van der Waals surface area contributed by atoms with Crippen LogP contribution in [0.1, 0.15) is 64.9 Å². The molecule has 4 rings (SSSR count). The molecule has 1 heterocycles. The highest BCUT2D eigenvalue weighted by molar-refractivity contribution is 6.06. The number of rotatable bonds is 2. The normalized spacial score (nSPS) is 23.9. The van der Waals surface area contributed by atoms with Gasteiger partial charge in [0, 0.05) is 42.7 Å². The van der Waals surface area contributed by atoms with Crippen LogP contribution in [0.25, 0.3) is 0 Å². The Morgan fingerprint density at radius 2 is 1.29 bits per heavy atom. The van der Waals surface area contributed by atoms with E-state index in [-0.39, 0.29) is 28.3 Å². The molecule has 148 valence electrons. The lowest BCUT2D eigenvalue weighted by Gasteiger charge is -2.42. The van der Waals surface area contributed by atoms with Gasteiger partial charge in [-0.2, -0.15) is 0 Å². The fraction of sp³-hybridized carbons (Fsp3) is 0.500. The van der Waals surface area contributed by atoms with E-state index in [1.165, 1.54) is 0 Å². The molecule has 0 atom stereocenters. The number of ketones is 2. The first-order valence-electron chi connectivity index (χ1n) is 9.94. The molecular formula is C24H28O4. The summed E-state index contributed by atoms with van der Waals surface area (Å²) in [5.41, 5.74) is 2.04. The highest BCUT2D eigenvalue weighted by Crippen LogP contribution is 2.53. The van der Waals surface area contributed by atoms with Gasteiger partial charge in [0.25, 0.3) is 0 Å². The summed E-state index contributed by atoms with van der Waals surface area (Å²) in [7, 11) is 1.63. The van der Waals surface area contributed by atoms with E-state index in [0.29, 0.717) is 36.8 Å². The Bertz CT molecular complexity index is 860. The standard InChI is InChI=1S/C24H28O4/c1-23(2)10-16(25)21-18(12-23)28-19-13-24(3,4)11-17(26)22(19)20(21)14-6-8-15(27-5)9-7-14/h6-9,20H,10-13H2,1-5H3. The van der Waals surface area contributed by atoms with Gasteiger partial charge in [-0.05, 0) is 28.5 Å². The highest BCUT2D eigenvalue weighted by Gasteiger charge is 2.47. The Morgan fingerprint density at radius 3 is 1.71 bits per heavy atom. The summed E-state index contributed by atoms with van der Waals surface area (Å²) in [5, 5.41) is 0. The second-order valence-electron chi connectivity index (χ2n) is 9.86. The van der Waals surface area contributed by atoms with Crippen LogP contribution >= 0.6 is 0 Å². The maximum atomic E-state index is 13.2. The summed E-state index contributed by atoms with van der Waals surface area (Å²) in [4.78, 5) is 26.3. The first-order chi connectivity index (χ1) is 13.1. The molecule has 0 spiro atoms. The summed E-state index contributed by atoms with van der Waals surface area (Å²) < 4.78 is 11.6. The van der Waals surface area contributed by atoms with Crippen molar-refractivity contribution in [1.82, 2.24) is 0 Å². The van der Waals surface area contributed by atoms with Crippen LogP contribution in [0.5, 0.6) is 5.75 Å². The van der Waals surface area contributed by atoms with Crippen LogP contribution in [-0.4, -0.2) is 18.7 Å². The predicted molar refractivity (Wildman–Crippen MR) is 107 cm³/mol. The molecule has 0 fully saturated rings. The second-order valence-corrected chi connectivity index (χ2v) is 9.86. The molecule has 4 heteroatoms.